The molecule has 0 aliphatic rings. The van der Waals surface area contributed by atoms with Crippen LogP contribution in [0.2, 0.25) is 0 Å². The van der Waals surface area contributed by atoms with Crippen molar-refractivity contribution in [1.29, 1.82) is 0 Å². The van der Waals surface area contributed by atoms with Crippen molar-refractivity contribution in [3.05, 3.63) is 31.5 Å². The van der Waals surface area contributed by atoms with Gasteiger partial charge in [0.15, 0.2) is 0 Å². The molecule has 1 aromatic heterocycles. The molecule has 0 aliphatic carbocycles. The van der Waals surface area contributed by atoms with Gasteiger partial charge < -0.3 is 10.6 Å². The van der Waals surface area contributed by atoms with Gasteiger partial charge in [-0.3, -0.25) is 19.1 Å². The summed E-state index contributed by atoms with van der Waals surface area (Å²) < 4.78 is 1.34. The number of likely N-dealkylation sites (N-methyl/N-ethyl adjacent to an activating group) is 1. The molecule has 3 N–H and O–H groups in total. The molecule has 1 aromatic rings. The fourth-order valence-corrected chi connectivity index (χ4v) is 1.53. The van der Waals surface area contributed by atoms with Gasteiger partial charge >= 0.3 is 5.69 Å². The van der Waals surface area contributed by atoms with Crippen LogP contribution in [-0.2, 0) is 11.3 Å². The summed E-state index contributed by atoms with van der Waals surface area (Å²) in [5, 5.41) is 5.65. The molecule has 100 valence electrons. The third-order valence-corrected chi connectivity index (χ3v) is 2.94. The maximum Gasteiger partial charge on any atom is 0.328 e. The van der Waals surface area contributed by atoms with Crippen molar-refractivity contribution in [2.45, 2.75) is 19.5 Å². The lowest BCUT2D eigenvalue weighted by atomic mass is 10.3. The van der Waals surface area contributed by atoms with E-state index >= 15 is 0 Å². The third kappa shape index (κ3) is 4.11. The molecule has 0 aromatic carbocycles. The van der Waals surface area contributed by atoms with E-state index in [9.17, 15) is 14.4 Å². The predicted molar refractivity (Wildman–Crippen MR) is 70.6 cm³/mol. The fourth-order valence-electron chi connectivity index (χ4n) is 1.18. The first-order chi connectivity index (χ1) is 8.43. The number of nitrogens with zero attached hydrogens (tertiary/aromatic N) is 1. The van der Waals surface area contributed by atoms with E-state index in [4.69, 9.17) is 0 Å². The van der Waals surface area contributed by atoms with Crippen LogP contribution in [0.1, 0.15) is 6.92 Å². The third-order valence-electron chi connectivity index (χ3n) is 2.38. The Morgan fingerprint density at radius 1 is 1.56 bits per heavy atom. The maximum absolute atomic E-state index is 11.6. The zero-order valence-corrected chi connectivity index (χ0v) is 11.7. The molecule has 1 amide bonds. The van der Waals surface area contributed by atoms with E-state index in [2.05, 4.69) is 31.5 Å². The van der Waals surface area contributed by atoms with E-state index in [-0.39, 0.29) is 23.0 Å². The summed E-state index contributed by atoms with van der Waals surface area (Å²) in [5.41, 5.74) is -1.12. The van der Waals surface area contributed by atoms with Gasteiger partial charge in [-0.1, -0.05) is 0 Å². The minimum absolute atomic E-state index is 0.134. The van der Waals surface area contributed by atoms with E-state index in [0.29, 0.717) is 6.54 Å². The Bertz CT molecular complexity index is 537. The Balaban J connectivity index is 2.68. The number of nitrogens with one attached hydrogen (secondary N) is 3. The molecule has 1 rings (SSSR count). The van der Waals surface area contributed by atoms with Crippen LogP contribution in [0.4, 0.5) is 0 Å². The molecule has 8 heteroatoms. The average molecular weight is 319 g/mol. The zero-order chi connectivity index (χ0) is 13.7. The summed E-state index contributed by atoms with van der Waals surface area (Å²) in [5.74, 6) is -0.293. The van der Waals surface area contributed by atoms with Gasteiger partial charge in [0.25, 0.3) is 5.56 Å². The van der Waals surface area contributed by atoms with Crippen LogP contribution >= 0.6 is 15.9 Å². The lowest BCUT2D eigenvalue weighted by molar-refractivity contribution is -0.121. The number of aromatic amines is 1. The van der Waals surface area contributed by atoms with Crippen LogP contribution < -0.4 is 21.9 Å². The number of amides is 1. The molecule has 0 spiro atoms. The average Bonchev–Trinajstić information content (AvgIpc) is 2.33. The van der Waals surface area contributed by atoms with Gasteiger partial charge in [0.2, 0.25) is 5.91 Å². The first-order valence-electron chi connectivity index (χ1n) is 5.37. The van der Waals surface area contributed by atoms with Crippen molar-refractivity contribution in [2.24, 2.45) is 0 Å². The summed E-state index contributed by atoms with van der Waals surface area (Å²) in [6.07, 6.45) is 1.29. The van der Waals surface area contributed by atoms with Gasteiger partial charge in [-0.15, -0.1) is 0 Å². The Morgan fingerprint density at radius 3 is 2.83 bits per heavy atom. The van der Waals surface area contributed by atoms with E-state index in [0.717, 1.165) is 4.57 Å². The first kappa shape index (κ1) is 14.7. The lowest BCUT2D eigenvalue weighted by Gasteiger charge is -2.11. The number of H-pyrrole nitrogens is 1. The van der Waals surface area contributed by atoms with E-state index in [1.807, 2.05) is 6.92 Å². The first-order valence-corrected chi connectivity index (χ1v) is 6.16. The van der Waals surface area contributed by atoms with Crippen LogP contribution in [0.15, 0.2) is 20.3 Å². The van der Waals surface area contributed by atoms with Gasteiger partial charge in [-0.2, -0.15) is 0 Å². The van der Waals surface area contributed by atoms with Crippen molar-refractivity contribution in [2.75, 3.05) is 13.6 Å². The predicted octanol–water partition coefficient (Wildman–Crippen LogP) is -0.977. The van der Waals surface area contributed by atoms with Gasteiger partial charge in [0.1, 0.15) is 6.54 Å². The number of carbonyl (C=O) groups excluding carboxylic acids is 1. The van der Waals surface area contributed by atoms with Gasteiger partial charge in [0.05, 0.1) is 4.47 Å². The van der Waals surface area contributed by atoms with Crippen LogP contribution in [0, 0.1) is 0 Å². The highest BCUT2D eigenvalue weighted by atomic mass is 79.9. The van der Waals surface area contributed by atoms with Crippen LogP contribution in [0.25, 0.3) is 0 Å². The molecular weight excluding hydrogens is 304 g/mol. The van der Waals surface area contributed by atoms with Gasteiger partial charge in [0, 0.05) is 18.8 Å². The Labute approximate surface area is 112 Å². The number of rotatable bonds is 5. The highest BCUT2D eigenvalue weighted by Crippen LogP contribution is 1.97. The number of carbonyl (C=O) groups is 1. The standard InChI is InChI=1S/C10H15BrN4O3/c1-6(12-2)3-13-8(16)5-15-4-7(11)9(17)14-10(15)18/h4,6,12H,3,5H2,1-2H3,(H,13,16)(H,14,17,18). The van der Waals surface area contributed by atoms with Crippen molar-refractivity contribution >= 4 is 21.8 Å². The molecular formula is C10H15BrN4O3. The minimum Gasteiger partial charge on any atom is -0.353 e. The lowest BCUT2D eigenvalue weighted by Crippen LogP contribution is -2.40. The van der Waals surface area contributed by atoms with Crippen molar-refractivity contribution < 1.29 is 4.79 Å². The molecule has 0 aliphatic heterocycles. The number of hydrogen-bond acceptors (Lipinski definition) is 4. The maximum atomic E-state index is 11.6. The molecule has 1 atom stereocenters. The smallest absolute Gasteiger partial charge is 0.328 e. The monoisotopic (exact) mass is 318 g/mol. The zero-order valence-electron chi connectivity index (χ0n) is 10.1. The minimum atomic E-state index is -0.611. The van der Waals surface area contributed by atoms with Gasteiger partial charge in [-0.05, 0) is 29.9 Å². The molecule has 0 saturated carbocycles. The van der Waals surface area contributed by atoms with E-state index in [1.54, 1.807) is 7.05 Å². The Morgan fingerprint density at radius 2 is 2.22 bits per heavy atom. The second-order valence-electron chi connectivity index (χ2n) is 3.86. The Hall–Kier alpha value is -1.41. The number of halogens is 1. The van der Waals surface area contributed by atoms with Crippen molar-refractivity contribution in [3.8, 4) is 0 Å². The number of hydrogen-bond donors (Lipinski definition) is 3. The van der Waals surface area contributed by atoms with Crippen molar-refractivity contribution in [1.82, 2.24) is 20.2 Å². The summed E-state index contributed by atoms with van der Waals surface area (Å²) in [6.45, 7) is 2.25. The highest BCUT2D eigenvalue weighted by molar-refractivity contribution is 9.10. The largest absolute Gasteiger partial charge is 0.353 e. The topological polar surface area (TPSA) is 96.0 Å². The Kier molecular flexibility index (Phi) is 5.29. The molecule has 18 heavy (non-hydrogen) atoms. The summed E-state index contributed by atoms with van der Waals surface area (Å²) in [7, 11) is 1.79. The molecule has 7 nitrogen and oxygen atoms in total. The highest BCUT2D eigenvalue weighted by Gasteiger charge is 2.07. The fraction of sp³-hybridized carbons (Fsp3) is 0.500. The summed E-state index contributed by atoms with van der Waals surface area (Å²) >= 11 is 3.00. The van der Waals surface area contributed by atoms with Crippen LogP contribution in [-0.4, -0.2) is 35.1 Å². The second-order valence-corrected chi connectivity index (χ2v) is 4.71. The summed E-state index contributed by atoms with van der Waals surface area (Å²) in [6, 6.07) is 0.146. The van der Waals surface area contributed by atoms with Crippen molar-refractivity contribution in [3.63, 3.8) is 0 Å². The van der Waals surface area contributed by atoms with Crippen LogP contribution in [0.3, 0.4) is 0 Å². The number of aromatic nitrogens is 2. The normalized spacial score (nSPS) is 12.2. The molecule has 0 radical (unpaired) electrons. The SMILES string of the molecule is CNC(C)CNC(=O)Cn1cc(Br)c(=O)[nH]c1=O. The summed E-state index contributed by atoms with van der Waals surface area (Å²) in [4.78, 5) is 36.2. The molecule has 1 heterocycles. The molecule has 0 saturated heterocycles. The molecule has 0 fully saturated rings. The van der Waals surface area contributed by atoms with E-state index in [1.165, 1.54) is 6.20 Å². The van der Waals surface area contributed by atoms with Crippen LogP contribution in [0.5, 0.6) is 0 Å². The second kappa shape index (κ2) is 6.50. The molecule has 1 unspecified atom stereocenters. The van der Waals surface area contributed by atoms with E-state index < -0.39 is 11.2 Å². The quantitative estimate of drug-likeness (QED) is 0.650. The van der Waals surface area contributed by atoms with Gasteiger partial charge in [-0.25, -0.2) is 4.79 Å². The molecule has 0 bridgehead atoms.